The molecular weight excluding hydrogens is 254 g/mol. The molecule has 0 spiro atoms. The molecule has 2 aromatic carbocycles. The molecule has 1 N–H and O–H groups in total. The van der Waals surface area contributed by atoms with Crippen molar-refractivity contribution in [1.29, 1.82) is 0 Å². The van der Waals surface area contributed by atoms with E-state index in [4.69, 9.17) is 9.84 Å². The number of aryl methyl sites for hydroxylation is 1. The molecule has 0 radical (unpaired) electrons. The van der Waals surface area contributed by atoms with E-state index >= 15 is 0 Å². The fourth-order valence-corrected chi connectivity index (χ4v) is 1.56. The Bertz CT molecular complexity index is 639. The largest absolute Gasteiger partial charge is 0.478 e. The number of ether oxygens (including phenoxy) is 1. The fourth-order valence-electron chi connectivity index (χ4n) is 1.56. The van der Waals surface area contributed by atoms with E-state index in [9.17, 15) is 13.6 Å². The molecule has 0 bridgehead atoms. The van der Waals surface area contributed by atoms with Crippen molar-refractivity contribution in [2.75, 3.05) is 0 Å². The van der Waals surface area contributed by atoms with Crippen LogP contribution in [0.5, 0.6) is 11.5 Å². The maximum atomic E-state index is 13.6. The molecule has 5 heteroatoms. The molecule has 0 unspecified atom stereocenters. The van der Waals surface area contributed by atoms with E-state index < -0.39 is 17.6 Å². The highest BCUT2D eigenvalue weighted by molar-refractivity contribution is 5.87. The predicted molar refractivity (Wildman–Crippen MR) is 64.6 cm³/mol. The third-order valence-corrected chi connectivity index (χ3v) is 2.54. The molecule has 0 atom stereocenters. The molecular formula is C14H10F2O3. The summed E-state index contributed by atoms with van der Waals surface area (Å²) in [5.74, 6) is -2.22. The second-order valence-corrected chi connectivity index (χ2v) is 3.96. The summed E-state index contributed by atoms with van der Waals surface area (Å²) in [6.07, 6.45) is 0. The Morgan fingerprint density at radius 2 is 1.79 bits per heavy atom. The maximum Gasteiger partial charge on any atom is 0.335 e. The lowest BCUT2D eigenvalue weighted by Gasteiger charge is -2.09. The molecule has 0 aliphatic heterocycles. The normalized spacial score (nSPS) is 10.3. The van der Waals surface area contributed by atoms with Gasteiger partial charge in [-0.05, 0) is 48.9 Å². The van der Waals surface area contributed by atoms with Crippen LogP contribution in [0, 0.1) is 18.6 Å². The Morgan fingerprint density at radius 3 is 2.37 bits per heavy atom. The highest BCUT2D eigenvalue weighted by Crippen LogP contribution is 2.28. The fraction of sp³-hybridized carbons (Fsp3) is 0.0714. The minimum absolute atomic E-state index is 0.111. The monoisotopic (exact) mass is 264 g/mol. The lowest BCUT2D eigenvalue weighted by molar-refractivity contribution is 0.0696. The van der Waals surface area contributed by atoms with E-state index in [-0.39, 0.29) is 11.3 Å². The molecule has 2 aromatic rings. The van der Waals surface area contributed by atoms with Crippen LogP contribution in [-0.2, 0) is 0 Å². The van der Waals surface area contributed by atoms with Gasteiger partial charge in [0.1, 0.15) is 11.6 Å². The van der Waals surface area contributed by atoms with Crippen molar-refractivity contribution in [2.45, 2.75) is 6.92 Å². The summed E-state index contributed by atoms with van der Waals surface area (Å²) in [4.78, 5) is 10.7. The highest BCUT2D eigenvalue weighted by Gasteiger charge is 2.11. The number of benzene rings is 2. The summed E-state index contributed by atoms with van der Waals surface area (Å²) >= 11 is 0. The molecule has 0 heterocycles. The average molecular weight is 264 g/mol. The summed E-state index contributed by atoms with van der Waals surface area (Å²) < 4.78 is 31.9. The van der Waals surface area contributed by atoms with E-state index in [0.29, 0.717) is 11.3 Å². The first-order valence-electron chi connectivity index (χ1n) is 5.44. The van der Waals surface area contributed by atoms with Gasteiger partial charge in [0, 0.05) is 0 Å². The summed E-state index contributed by atoms with van der Waals surface area (Å²) in [5, 5.41) is 8.72. The second kappa shape index (κ2) is 5.06. The van der Waals surface area contributed by atoms with Crippen molar-refractivity contribution < 1.29 is 23.4 Å². The standard InChI is InChI=1S/C14H10F2O3/c1-8-6-10(15)3-5-12(8)19-13-4-2-9(14(17)18)7-11(13)16/h2-7H,1H3,(H,17,18). The van der Waals surface area contributed by atoms with Gasteiger partial charge in [0.25, 0.3) is 0 Å². The summed E-state index contributed by atoms with van der Waals surface area (Å²) in [5.41, 5.74) is 0.349. The van der Waals surface area contributed by atoms with Gasteiger partial charge in [-0.25, -0.2) is 13.6 Å². The summed E-state index contributed by atoms with van der Waals surface area (Å²) in [7, 11) is 0. The quantitative estimate of drug-likeness (QED) is 0.918. The van der Waals surface area contributed by atoms with Gasteiger partial charge in [-0.15, -0.1) is 0 Å². The molecule has 3 nitrogen and oxygen atoms in total. The van der Waals surface area contributed by atoms with Crippen LogP contribution >= 0.6 is 0 Å². The van der Waals surface area contributed by atoms with Gasteiger partial charge in [0.2, 0.25) is 0 Å². The first-order valence-corrected chi connectivity index (χ1v) is 5.44. The van der Waals surface area contributed by atoms with Crippen molar-refractivity contribution in [3.8, 4) is 11.5 Å². The van der Waals surface area contributed by atoms with E-state index in [1.54, 1.807) is 6.92 Å². The number of aromatic carboxylic acids is 1. The molecule has 0 aliphatic carbocycles. The number of hydrogen-bond acceptors (Lipinski definition) is 2. The molecule has 0 aromatic heterocycles. The number of carbonyl (C=O) groups is 1. The molecule has 0 aliphatic rings. The minimum atomic E-state index is -1.22. The summed E-state index contributed by atoms with van der Waals surface area (Å²) in [6, 6.07) is 7.18. The van der Waals surface area contributed by atoms with Crippen molar-refractivity contribution in [3.63, 3.8) is 0 Å². The third kappa shape index (κ3) is 2.88. The highest BCUT2D eigenvalue weighted by atomic mass is 19.1. The molecule has 0 fully saturated rings. The number of hydrogen-bond donors (Lipinski definition) is 1. The van der Waals surface area contributed by atoms with Gasteiger partial charge in [-0.1, -0.05) is 0 Å². The first kappa shape index (κ1) is 13.0. The SMILES string of the molecule is Cc1cc(F)ccc1Oc1ccc(C(=O)O)cc1F. The van der Waals surface area contributed by atoms with Gasteiger partial charge < -0.3 is 9.84 Å². The maximum absolute atomic E-state index is 13.6. The lowest BCUT2D eigenvalue weighted by atomic mass is 10.2. The van der Waals surface area contributed by atoms with E-state index in [0.717, 1.165) is 6.07 Å². The molecule has 0 amide bonds. The van der Waals surface area contributed by atoms with Crippen LogP contribution in [0.1, 0.15) is 15.9 Å². The van der Waals surface area contributed by atoms with Crippen molar-refractivity contribution in [1.82, 2.24) is 0 Å². The van der Waals surface area contributed by atoms with Gasteiger partial charge in [-0.2, -0.15) is 0 Å². The van der Waals surface area contributed by atoms with Gasteiger partial charge in [0.15, 0.2) is 11.6 Å². The molecule has 2 rings (SSSR count). The lowest BCUT2D eigenvalue weighted by Crippen LogP contribution is -1.98. The van der Waals surface area contributed by atoms with Gasteiger partial charge in [-0.3, -0.25) is 0 Å². The van der Waals surface area contributed by atoms with Crippen LogP contribution in [0.25, 0.3) is 0 Å². The van der Waals surface area contributed by atoms with E-state index in [1.807, 2.05) is 0 Å². The number of rotatable bonds is 3. The topological polar surface area (TPSA) is 46.5 Å². The van der Waals surface area contributed by atoms with E-state index in [1.165, 1.54) is 30.3 Å². The second-order valence-electron chi connectivity index (χ2n) is 3.96. The molecule has 0 saturated heterocycles. The zero-order valence-electron chi connectivity index (χ0n) is 9.98. The van der Waals surface area contributed by atoms with Crippen molar-refractivity contribution in [2.24, 2.45) is 0 Å². The molecule has 0 saturated carbocycles. The Hall–Kier alpha value is -2.43. The van der Waals surface area contributed by atoms with Crippen LogP contribution in [-0.4, -0.2) is 11.1 Å². The Labute approximate surface area is 108 Å². The summed E-state index contributed by atoms with van der Waals surface area (Å²) in [6.45, 7) is 1.63. The smallest absolute Gasteiger partial charge is 0.335 e. The molecule has 98 valence electrons. The molecule has 19 heavy (non-hydrogen) atoms. The Kier molecular flexibility index (Phi) is 3.46. The average Bonchev–Trinajstić information content (AvgIpc) is 2.34. The van der Waals surface area contributed by atoms with Crippen LogP contribution in [0.15, 0.2) is 36.4 Å². The third-order valence-electron chi connectivity index (χ3n) is 2.54. The van der Waals surface area contributed by atoms with Crippen LogP contribution in [0.3, 0.4) is 0 Å². The van der Waals surface area contributed by atoms with Crippen LogP contribution in [0.4, 0.5) is 8.78 Å². The Morgan fingerprint density at radius 1 is 1.11 bits per heavy atom. The van der Waals surface area contributed by atoms with Gasteiger partial charge in [0.05, 0.1) is 5.56 Å². The number of carboxylic acid groups (broad SMARTS) is 1. The zero-order valence-corrected chi connectivity index (χ0v) is 9.98. The van der Waals surface area contributed by atoms with Gasteiger partial charge >= 0.3 is 5.97 Å². The van der Waals surface area contributed by atoms with Crippen molar-refractivity contribution >= 4 is 5.97 Å². The zero-order chi connectivity index (χ0) is 14.0. The predicted octanol–water partition coefficient (Wildman–Crippen LogP) is 3.76. The van der Waals surface area contributed by atoms with E-state index in [2.05, 4.69) is 0 Å². The van der Waals surface area contributed by atoms with Crippen molar-refractivity contribution in [3.05, 3.63) is 59.2 Å². The number of halogens is 2. The Balaban J connectivity index is 2.31. The van der Waals surface area contributed by atoms with Crippen LogP contribution < -0.4 is 4.74 Å². The first-order chi connectivity index (χ1) is 8.97. The minimum Gasteiger partial charge on any atom is -0.478 e. The number of carboxylic acids is 1. The van der Waals surface area contributed by atoms with Crippen LogP contribution in [0.2, 0.25) is 0 Å².